The van der Waals surface area contributed by atoms with Gasteiger partial charge in [-0.25, -0.2) is 9.97 Å². The van der Waals surface area contributed by atoms with Gasteiger partial charge in [-0.1, -0.05) is 0 Å². The number of morpholine rings is 1. The first-order chi connectivity index (χ1) is 14.6. The minimum absolute atomic E-state index is 0.0598. The Balaban J connectivity index is 1.45. The quantitative estimate of drug-likeness (QED) is 0.608. The fourth-order valence-corrected chi connectivity index (χ4v) is 4.72. The topological polar surface area (TPSA) is 96.5 Å². The molecule has 3 aromatic heterocycles. The minimum Gasteiger partial charge on any atom is -0.378 e. The fourth-order valence-electron chi connectivity index (χ4n) is 3.03. The summed E-state index contributed by atoms with van der Waals surface area (Å²) in [6, 6.07) is 7.47. The highest BCUT2D eigenvalue weighted by Gasteiger charge is 2.20. The van der Waals surface area contributed by atoms with Crippen molar-refractivity contribution in [3.8, 4) is 10.6 Å². The number of thiophene rings is 1. The third-order valence-electron chi connectivity index (χ3n) is 4.49. The highest BCUT2D eigenvalue weighted by Crippen LogP contribution is 2.31. The average molecular weight is 444 g/mol. The van der Waals surface area contributed by atoms with E-state index in [4.69, 9.17) is 4.74 Å². The van der Waals surface area contributed by atoms with Crippen LogP contribution >= 0.6 is 22.7 Å². The van der Waals surface area contributed by atoms with Crippen molar-refractivity contribution in [2.75, 3.05) is 36.5 Å². The van der Waals surface area contributed by atoms with E-state index in [-0.39, 0.29) is 11.8 Å². The van der Waals surface area contributed by atoms with Crippen LogP contribution in [0.4, 0.5) is 10.9 Å². The molecule has 156 valence electrons. The van der Waals surface area contributed by atoms with Crippen LogP contribution in [0.1, 0.15) is 22.2 Å². The van der Waals surface area contributed by atoms with E-state index in [1.807, 2.05) is 17.5 Å². The second-order valence-corrected chi connectivity index (χ2v) is 8.67. The first-order valence-electron chi connectivity index (χ1n) is 9.48. The van der Waals surface area contributed by atoms with Gasteiger partial charge in [-0.2, -0.15) is 0 Å². The molecule has 1 saturated heterocycles. The maximum absolute atomic E-state index is 12.9. The number of anilines is 2. The van der Waals surface area contributed by atoms with Crippen LogP contribution in [-0.4, -0.2) is 48.1 Å². The van der Waals surface area contributed by atoms with Gasteiger partial charge in [-0.15, -0.1) is 22.7 Å². The molecule has 1 aliphatic heterocycles. The Morgan fingerprint density at radius 2 is 2.07 bits per heavy atom. The largest absolute Gasteiger partial charge is 0.378 e. The van der Waals surface area contributed by atoms with Crippen molar-refractivity contribution in [1.82, 2.24) is 15.3 Å². The molecule has 0 radical (unpaired) electrons. The molecule has 4 heterocycles. The van der Waals surface area contributed by atoms with Crippen LogP contribution in [0.3, 0.4) is 0 Å². The molecule has 0 aromatic carbocycles. The summed E-state index contributed by atoms with van der Waals surface area (Å²) >= 11 is 2.94. The van der Waals surface area contributed by atoms with E-state index < -0.39 is 0 Å². The lowest BCUT2D eigenvalue weighted by Crippen LogP contribution is -2.38. The van der Waals surface area contributed by atoms with Crippen LogP contribution in [0.25, 0.3) is 10.6 Å². The number of hydrogen-bond donors (Lipinski definition) is 2. The molecule has 1 aliphatic rings. The summed E-state index contributed by atoms with van der Waals surface area (Å²) in [5, 5.41) is 8.12. The average Bonchev–Trinajstić information content (AvgIpc) is 3.42. The highest BCUT2D eigenvalue weighted by molar-refractivity contribution is 7.17. The van der Waals surface area contributed by atoms with Crippen molar-refractivity contribution in [1.29, 1.82) is 0 Å². The summed E-state index contributed by atoms with van der Waals surface area (Å²) in [5.74, 6) is 0.370. The zero-order valence-electron chi connectivity index (χ0n) is 16.4. The molecule has 8 nitrogen and oxygen atoms in total. The Bertz CT molecular complexity index is 1040. The Kier molecular flexibility index (Phi) is 6.36. The van der Waals surface area contributed by atoms with E-state index in [2.05, 4.69) is 25.5 Å². The van der Waals surface area contributed by atoms with Crippen molar-refractivity contribution in [3.05, 3.63) is 46.3 Å². The van der Waals surface area contributed by atoms with Crippen LogP contribution in [-0.2, 0) is 16.1 Å². The number of rotatable bonds is 6. The number of nitrogens with zero attached hydrogens (tertiary/aromatic N) is 3. The number of aromatic nitrogens is 2. The van der Waals surface area contributed by atoms with E-state index in [0.717, 1.165) is 15.4 Å². The van der Waals surface area contributed by atoms with Gasteiger partial charge in [0.2, 0.25) is 5.91 Å². The van der Waals surface area contributed by atoms with Gasteiger partial charge in [0.05, 0.1) is 35.9 Å². The first kappa shape index (κ1) is 20.5. The van der Waals surface area contributed by atoms with Crippen molar-refractivity contribution < 1.29 is 14.3 Å². The summed E-state index contributed by atoms with van der Waals surface area (Å²) in [4.78, 5) is 37.0. The van der Waals surface area contributed by atoms with Gasteiger partial charge in [0.1, 0.15) is 5.82 Å². The number of carbonyl (C=O) groups is 2. The van der Waals surface area contributed by atoms with Gasteiger partial charge < -0.3 is 15.0 Å². The molecule has 2 N–H and O–H groups in total. The van der Waals surface area contributed by atoms with E-state index in [0.29, 0.717) is 49.4 Å². The van der Waals surface area contributed by atoms with Crippen LogP contribution in [0.5, 0.6) is 0 Å². The van der Waals surface area contributed by atoms with Crippen molar-refractivity contribution >= 4 is 45.4 Å². The van der Waals surface area contributed by atoms with Gasteiger partial charge in [0, 0.05) is 36.5 Å². The minimum atomic E-state index is -0.233. The van der Waals surface area contributed by atoms with Gasteiger partial charge in [-0.05, 0) is 24.3 Å². The monoisotopic (exact) mass is 443 g/mol. The standard InChI is InChI=1S/C20H21N5O3S2/c1-13(26)22-11-14-4-5-17(30-14)16-12-29-20(23-16)24-19(27)15-3-2-6-21-18(15)25-7-9-28-10-8-25/h2-6,12H,7-11H2,1H3,(H,22,26)(H,23,24,27). The lowest BCUT2D eigenvalue weighted by atomic mass is 10.2. The summed E-state index contributed by atoms with van der Waals surface area (Å²) in [6.45, 7) is 4.65. The van der Waals surface area contributed by atoms with Crippen LogP contribution in [0.2, 0.25) is 0 Å². The summed E-state index contributed by atoms with van der Waals surface area (Å²) < 4.78 is 5.39. The number of carbonyl (C=O) groups excluding carboxylic acids is 2. The molecular weight excluding hydrogens is 422 g/mol. The number of nitrogens with one attached hydrogen (secondary N) is 2. The molecule has 30 heavy (non-hydrogen) atoms. The second-order valence-electron chi connectivity index (χ2n) is 6.64. The van der Waals surface area contributed by atoms with Crippen LogP contribution in [0.15, 0.2) is 35.8 Å². The molecule has 0 aliphatic carbocycles. The molecule has 0 saturated carbocycles. The molecule has 0 atom stereocenters. The maximum Gasteiger partial charge on any atom is 0.261 e. The Morgan fingerprint density at radius 3 is 2.87 bits per heavy atom. The lowest BCUT2D eigenvalue weighted by molar-refractivity contribution is -0.119. The van der Waals surface area contributed by atoms with Crippen molar-refractivity contribution in [3.63, 3.8) is 0 Å². The number of amides is 2. The Morgan fingerprint density at radius 1 is 1.23 bits per heavy atom. The number of hydrogen-bond acceptors (Lipinski definition) is 8. The van der Waals surface area contributed by atoms with Crippen LogP contribution < -0.4 is 15.5 Å². The predicted molar refractivity (Wildman–Crippen MR) is 118 cm³/mol. The van der Waals surface area contributed by atoms with E-state index in [1.165, 1.54) is 18.3 Å². The molecule has 3 aromatic rings. The van der Waals surface area contributed by atoms with Gasteiger partial charge >= 0.3 is 0 Å². The zero-order valence-corrected chi connectivity index (χ0v) is 18.0. The van der Waals surface area contributed by atoms with Gasteiger partial charge in [0.15, 0.2) is 5.13 Å². The third-order valence-corrected chi connectivity index (χ3v) is 6.36. The number of ether oxygens (including phenoxy) is 1. The summed E-state index contributed by atoms with van der Waals surface area (Å²) in [7, 11) is 0. The van der Waals surface area contributed by atoms with Gasteiger partial charge in [-0.3, -0.25) is 14.9 Å². The van der Waals surface area contributed by atoms with E-state index in [9.17, 15) is 9.59 Å². The smallest absolute Gasteiger partial charge is 0.261 e. The molecule has 0 spiro atoms. The summed E-state index contributed by atoms with van der Waals surface area (Å²) in [6.07, 6.45) is 1.69. The van der Waals surface area contributed by atoms with Crippen molar-refractivity contribution in [2.45, 2.75) is 13.5 Å². The first-order valence-corrected chi connectivity index (χ1v) is 11.2. The lowest BCUT2D eigenvalue weighted by Gasteiger charge is -2.29. The Hall–Kier alpha value is -2.82. The normalized spacial score (nSPS) is 13.8. The maximum atomic E-state index is 12.9. The SMILES string of the molecule is CC(=O)NCc1ccc(-c2csc(NC(=O)c3cccnc3N3CCOCC3)n2)s1. The molecule has 10 heteroatoms. The summed E-state index contributed by atoms with van der Waals surface area (Å²) in [5.41, 5.74) is 1.32. The molecule has 4 rings (SSSR count). The number of thiazole rings is 1. The molecular formula is C20H21N5O3S2. The third kappa shape index (κ3) is 4.84. The Labute approximate surface area is 181 Å². The molecule has 0 bridgehead atoms. The van der Waals surface area contributed by atoms with E-state index in [1.54, 1.807) is 29.7 Å². The second kappa shape index (κ2) is 9.33. The predicted octanol–water partition coefficient (Wildman–Crippen LogP) is 2.99. The van der Waals surface area contributed by atoms with Crippen molar-refractivity contribution in [2.24, 2.45) is 0 Å². The van der Waals surface area contributed by atoms with E-state index >= 15 is 0 Å². The fraction of sp³-hybridized carbons (Fsp3) is 0.300. The molecule has 1 fully saturated rings. The zero-order chi connectivity index (χ0) is 20.9. The molecule has 0 unspecified atom stereocenters. The highest BCUT2D eigenvalue weighted by atomic mass is 32.1. The van der Waals surface area contributed by atoms with Gasteiger partial charge in [0.25, 0.3) is 5.91 Å². The molecule has 2 amide bonds. The van der Waals surface area contributed by atoms with Crippen LogP contribution in [0, 0.1) is 0 Å². The number of pyridine rings is 1.